The molecule has 1 fully saturated rings. The lowest BCUT2D eigenvalue weighted by atomic mass is 10.2. The van der Waals surface area contributed by atoms with E-state index in [2.05, 4.69) is 4.72 Å². The van der Waals surface area contributed by atoms with Crippen molar-refractivity contribution in [2.45, 2.75) is 49.1 Å². The Morgan fingerprint density at radius 2 is 2.26 bits per heavy atom. The minimum atomic E-state index is -3.52. The lowest BCUT2D eigenvalue weighted by molar-refractivity contribution is 0.0916. The van der Waals surface area contributed by atoms with E-state index in [9.17, 15) is 8.42 Å². The fourth-order valence-electron chi connectivity index (χ4n) is 2.38. The Hall–Kier alpha value is -0.470. The first-order valence-electron chi connectivity index (χ1n) is 6.23. The van der Waals surface area contributed by atoms with Gasteiger partial charge in [-0.05, 0) is 37.8 Å². The number of methoxy groups -OCH3 is 1. The summed E-state index contributed by atoms with van der Waals surface area (Å²) in [6.45, 7) is 1.67. The fourth-order valence-corrected chi connectivity index (χ4v) is 5.14. The highest BCUT2D eigenvalue weighted by atomic mass is 32.2. The monoisotopic (exact) mass is 305 g/mol. The van der Waals surface area contributed by atoms with Gasteiger partial charge in [-0.2, -0.15) is 0 Å². The van der Waals surface area contributed by atoms with Crippen LogP contribution in [0.4, 0.5) is 0 Å². The zero-order valence-corrected chi connectivity index (χ0v) is 12.7. The molecule has 0 spiro atoms. The van der Waals surface area contributed by atoms with Gasteiger partial charge in [0.1, 0.15) is 4.21 Å². The third kappa shape index (κ3) is 3.17. The predicted molar refractivity (Wildman–Crippen MR) is 73.7 cm³/mol. The van der Waals surface area contributed by atoms with Crippen molar-refractivity contribution in [2.24, 2.45) is 0 Å². The van der Waals surface area contributed by atoms with Crippen molar-refractivity contribution < 1.29 is 18.3 Å². The Bertz CT molecular complexity index is 538. The summed E-state index contributed by atoms with van der Waals surface area (Å²) in [5, 5.41) is 9.14. The van der Waals surface area contributed by atoms with E-state index in [-0.39, 0.29) is 23.0 Å². The number of hydrogen-bond acceptors (Lipinski definition) is 5. The third-order valence-corrected chi connectivity index (χ3v) is 6.65. The van der Waals surface area contributed by atoms with Crippen LogP contribution in [0, 0.1) is 6.92 Å². The van der Waals surface area contributed by atoms with Gasteiger partial charge in [0, 0.05) is 18.0 Å². The summed E-state index contributed by atoms with van der Waals surface area (Å²) in [7, 11) is -1.91. The van der Waals surface area contributed by atoms with Crippen LogP contribution in [0.2, 0.25) is 0 Å². The van der Waals surface area contributed by atoms with Crippen LogP contribution in [0.3, 0.4) is 0 Å². The lowest BCUT2D eigenvalue weighted by Crippen LogP contribution is -2.40. The van der Waals surface area contributed by atoms with Gasteiger partial charge >= 0.3 is 0 Å². The van der Waals surface area contributed by atoms with Crippen LogP contribution >= 0.6 is 11.3 Å². The quantitative estimate of drug-likeness (QED) is 0.862. The maximum absolute atomic E-state index is 12.3. The van der Waals surface area contributed by atoms with Crippen molar-refractivity contribution in [1.82, 2.24) is 4.72 Å². The molecule has 108 valence electrons. The van der Waals surface area contributed by atoms with Crippen LogP contribution in [-0.4, -0.2) is 32.8 Å². The first-order chi connectivity index (χ1) is 8.97. The Labute approximate surface area is 117 Å². The minimum absolute atomic E-state index is 0.0480. The van der Waals surface area contributed by atoms with E-state index in [1.54, 1.807) is 20.1 Å². The number of aliphatic hydroxyl groups is 1. The van der Waals surface area contributed by atoms with Gasteiger partial charge in [-0.1, -0.05) is 0 Å². The maximum atomic E-state index is 12.3. The van der Waals surface area contributed by atoms with Crippen molar-refractivity contribution in [3.05, 3.63) is 16.5 Å². The van der Waals surface area contributed by atoms with Crippen LogP contribution in [0.5, 0.6) is 0 Å². The number of sulfonamides is 1. The highest BCUT2D eigenvalue weighted by molar-refractivity contribution is 7.91. The molecule has 1 heterocycles. The standard InChI is InChI=1S/C12H19NO4S2/c1-8-6-12(18-11(8)7-14)19(15,16)13-9-4-3-5-10(9)17-2/h6,9-10,13-14H,3-5,7H2,1-2H3. The van der Waals surface area contributed by atoms with Crippen LogP contribution < -0.4 is 4.72 Å². The fraction of sp³-hybridized carbons (Fsp3) is 0.667. The zero-order chi connectivity index (χ0) is 14.0. The molecule has 2 N–H and O–H groups in total. The van der Waals surface area contributed by atoms with Crippen LogP contribution in [0.15, 0.2) is 10.3 Å². The summed E-state index contributed by atoms with van der Waals surface area (Å²) in [6.07, 6.45) is 2.61. The topological polar surface area (TPSA) is 75.6 Å². The summed E-state index contributed by atoms with van der Waals surface area (Å²) in [5.74, 6) is 0. The molecule has 2 unspecified atom stereocenters. The van der Waals surface area contributed by atoms with Gasteiger partial charge in [0.15, 0.2) is 0 Å². The average molecular weight is 305 g/mol. The largest absolute Gasteiger partial charge is 0.391 e. The molecular weight excluding hydrogens is 286 g/mol. The molecular formula is C12H19NO4S2. The van der Waals surface area contributed by atoms with E-state index in [4.69, 9.17) is 9.84 Å². The molecule has 2 rings (SSSR count). The van der Waals surface area contributed by atoms with Crippen molar-refractivity contribution in [2.75, 3.05) is 7.11 Å². The van der Waals surface area contributed by atoms with E-state index in [1.165, 1.54) is 0 Å². The Morgan fingerprint density at radius 3 is 2.84 bits per heavy atom. The molecule has 1 aromatic heterocycles. The molecule has 19 heavy (non-hydrogen) atoms. The third-order valence-electron chi connectivity index (χ3n) is 3.47. The van der Waals surface area contributed by atoms with Gasteiger partial charge < -0.3 is 9.84 Å². The predicted octanol–water partition coefficient (Wildman–Crippen LogP) is 1.39. The molecule has 1 aliphatic rings. The Balaban J connectivity index is 2.17. The molecule has 0 radical (unpaired) electrons. The Morgan fingerprint density at radius 1 is 1.53 bits per heavy atom. The first-order valence-corrected chi connectivity index (χ1v) is 8.53. The second kappa shape index (κ2) is 5.88. The van der Waals surface area contributed by atoms with Crippen LogP contribution in [0.1, 0.15) is 29.7 Å². The Kier molecular flexibility index (Phi) is 4.62. The highest BCUT2D eigenvalue weighted by Gasteiger charge is 2.32. The first kappa shape index (κ1) is 14.9. The number of aryl methyl sites for hydroxylation is 1. The van der Waals surface area contributed by atoms with Crippen molar-refractivity contribution in [1.29, 1.82) is 0 Å². The van der Waals surface area contributed by atoms with Crippen LogP contribution in [-0.2, 0) is 21.4 Å². The summed E-state index contributed by atoms with van der Waals surface area (Å²) in [4.78, 5) is 0.690. The zero-order valence-electron chi connectivity index (χ0n) is 11.0. The molecule has 1 aliphatic carbocycles. The van der Waals surface area contributed by atoms with Crippen molar-refractivity contribution in [3.63, 3.8) is 0 Å². The molecule has 1 aromatic rings. The smallest absolute Gasteiger partial charge is 0.250 e. The number of hydrogen-bond donors (Lipinski definition) is 2. The van der Waals surface area contributed by atoms with Gasteiger partial charge in [0.2, 0.25) is 10.0 Å². The summed E-state index contributed by atoms with van der Waals surface area (Å²) >= 11 is 1.12. The average Bonchev–Trinajstić information content (AvgIpc) is 2.95. The second-order valence-electron chi connectivity index (χ2n) is 4.76. The second-order valence-corrected chi connectivity index (χ2v) is 7.84. The number of nitrogens with one attached hydrogen (secondary N) is 1. The SMILES string of the molecule is COC1CCCC1NS(=O)(=O)c1cc(C)c(CO)s1. The summed E-state index contributed by atoms with van der Waals surface area (Å²) in [5.41, 5.74) is 0.808. The van der Waals surface area contributed by atoms with Crippen molar-refractivity contribution >= 4 is 21.4 Å². The highest BCUT2D eigenvalue weighted by Crippen LogP contribution is 2.28. The van der Waals surface area contributed by atoms with E-state index in [0.717, 1.165) is 36.2 Å². The normalized spacial score (nSPS) is 23.9. The van der Waals surface area contributed by atoms with Gasteiger partial charge in [0.05, 0.1) is 12.7 Å². The lowest BCUT2D eigenvalue weighted by Gasteiger charge is -2.18. The molecule has 0 aromatic carbocycles. The number of rotatable bonds is 5. The molecule has 7 heteroatoms. The molecule has 0 amide bonds. The minimum Gasteiger partial charge on any atom is -0.391 e. The van der Waals surface area contributed by atoms with E-state index >= 15 is 0 Å². The molecule has 5 nitrogen and oxygen atoms in total. The number of aliphatic hydroxyl groups excluding tert-OH is 1. The van der Waals surface area contributed by atoms with E-state index < -0.39 is 10.0 Å². The molecule has 2 atom stereocenters. The summed E-state index contributed by atoms with van der Waals surface area (Å²) in [6, 6.07) is 1.45. The van der Waals surface area contributed by atoms with Crippen molar-refractivity contribution in [3.8, 4) is 0 Å². The summed E-state index contributed by atoms with van der Waals surface area (Å²) < 4.78 is 32.9. The molecule has 0 aliphatic heterocycles. The van der Waals surface area contributed by atoms with Gasteiger partial charge in [-0.25, -0.2) is 13.1 Å². The molecule has 1 saturated carbocycles. The molecule has 0 bridgehead atoms. The van der Waals surface area contributed by atoms with Gasteiger partial charge in [-0.3, -0.25) is 0 Å². The number of ether oxygens (including phenoxy) is 1. The number of thiophene rings is 1. The van der Waals surface area contributed by atoms with E-state index in [1.807, 2.05) is 0 Å². The van der Waals surface area contributed by atoms with Crippen LogP contribution in [0.25, 0.3) is 0 Å². The maximum Gasteiger partial charge on any atom is 0.250 e. The van der Waals surface area contributed by atoms with Gasteiger partial charge in [-0.15, -0.1) is 11.3 Å². The van der Waals surface area contributed by atoms with Gasteiger partial charge in [0.25, 0.3) is 0 Å². The van der Waals surface area contributed by atoms with E-state index in [0.29, 0.717) is 4.88 Å². The molecule has 0 saturated heterocycles.